The second kappa shape index (κ2) is 26.9. The molecule has 262 valence electrons. The molecule has 43 heavy (non-hydrogen) atoms. The SMILES string of the molecule is CCCCCCCCCCCC[P+](CCCC)(CCCC)CCCC.CCS(=O)(=O)O[SiH2]C(O[Si](C)(C)C)O[Si](C)(C)C. The van der Waals surface area contributed by atoms with Crippen LogP contribution in [0, 0.1) is 0 Å². The molecule has 0 radical (unpaired) electrons. The zero-order chi connectivity index (χ0) is 33.3. The van der Waals surface area contributed by atoms with E-state index in [1.54, 1.807) is 38.0 Å². The Morgan fingerprint density at radius 1 is 0.535 bits per heavy atom. The summed E-state index contributed by atoms with van der Waals surface area (Å²) in [5.74, 6) is -0.461. The minimum atomic E-state index is -3.39. The van der Waals surface area contributed by atoms with Crippen molar-refractivity contribution >= 4 is 43.8 Å². The summed E-state index contributed by atoms with van der Waals surface area (Å²) in [6.45, 7) is 23.3. The first-order chi connectivity index (χ1) is 20.1. The van der Waals surface area contributed by atoms with Crippen LogP contribution >= 0.6 is 7.26 Å². The maximum Gasteiger partial charge on any atom is 0.257 e. The predicted octanol–water partition coefficient (Wildman–Crippen LogP) is 10.7. The van der Waals surface area contributed by atoms with Gasteiger partial charge >= 0.3 is 0 Å². The molecule has 0 atom stereocenters. The van der Waals surface area contributed by atoms with Gasteiger partial charge in [-0.05, 0) is 78.3 Å². The van der Waals surface area contributed by atoms with E-state index in [1.165, 1.54) is 96.3 Å². The molecule has 0 aliphatic heterocycles. The van der Waals surface area contributed by atoms with Gasteiger partial charge in [0.25, 0.3) is 10.1 Å². The highest BCUT2D eigenvalue weighted by molar-refractivity contribution is 7.87. The van der Waals surface area contributed by atoms with Crippen molar-refractivity contribution in [3.63, 3.8) is 0 Å². The molecule has 0 unspecified atom stereocenters. The summed E-state index contributed by atoms with van der Waals surface area (Å²) >= 11 is 0. The molecule has 0 aliphatic carbocycles. The molecule has 0 amide bonds. The van der Waals surface area contributed by atoms with Crippen LogP contribution in [0.2, 0.25) is 39.3 Å². The molecule has 0 bridgehead atoms. The lowest BCUT2D eigenvalue weighted by Gasteiger charge is -2.30. The van der Waals surface area contributed by atoms with Crippen molar-refractivity contribution in [1.82, 2.24) is 0 Å². The maximum atomic E-state index is 11.4. The fourth-order valence-corrected chi connectivity index (χ4v) is 17.7. The first-order valence-corrected chi connectivity index (χ1v) is 30.5. The third-order valence-corrected chi connectivity index (χ3v) is 18.6. The molecule has 0 spiro atoms. The Morgan fingerprint density at radius 2 is 0.860 bits per heavy atom. The van der Waals surface area contributed by atoms with E-state index < -0.39 is 49.7 Å². The number of hydrogen-bond acceptors (Lipinski definition) is 5. The van der Waals surface area contributed by atoms with Crippen LogP contribution in [-0.4, -0.2) is 71.1 Å². The highest BCUT2D eigenvalue weighted by Gasteiger charge is 2.34. The van der Waals surface area contributed by atoms with Gasteiger partial charge in [-0.1, -0.05) is 98.3 Å². The molecule has 0 aromatic heterocycles. The maximum absolute atomic E-state index is 11.4. The van der Waals surface area contributed by atoms with Crippen molar-refractivity contribution in [3.05, 3.63) is 0 Å². The molecule has 0 saturated heterocycles. The van der Waals surface area contributed by atoms with Gasteiger partial charge in [-0.25, -0.2) is 8.42 Å². The van der Waals surface area contributed by atoms with Crippen LogP contribution in [0.1, 0.15) is 137 Å². The third-order valence-electron chi connectivity index (χ3n) is 7.65. The lowest BCUT2D eigenvalue weighted by atomic mass is 10.1. The Morgan fingerprint density at radius 3 is 1.19 bits per heavy atom. The van der Waals surface area contributed by atoms with E-state index in [0.29, 0.717) is 0 Å². The molecule has 10 heteroatoms. The molecule has 0 fully saturated rings. The third kappa shape index (κ3) is 31.3. The second-order valence-electron chi connectivity index (χ2n) is 14.5. The van der Waals surface area contributed by atoms with Gasteiger partial charge in [0.15, 0.2) is 16.6 Å². The van der Waals surface area contributed by atoms with Crippen LogP contribution < -0.4 is 0 Å². The van der Waals surface area contributed by atoms with Crippen LogP contribution in [0.15, 0.2) is 0 Å². The number of hydrogen-bond donors (Lipinski definition) is 0. The van der Waals surface area contributed by atoms with Gasteiger partial charge in [0, 0.05) is 7.26 Å². The molecule has 0 rings (SSSR count). The van der Waals surface area contributed by atoms with E-state index >= 15 is 0 Å². The largest absolute Gasteiger partial charge is 0.395 e. The standard InChI is InChI=1S/C24H52P.C9H26O5SSi3/c1-5-9-13-14-15-16-17-18-19-20-24-25(21-10-6-2,22-11-7-3)23-12-8-4;1-8-15(10,11)14-16-9(12-17(2,3)4)13-18(5,6)7/h5-24H2,1-4H3;9H,8,16H2,1-7H3/q+1;. The van der Waals surface area contributed by atoms with Gasteiger partial charge in [-0.2, -0.15) is 0 Å². The Kier molecular flexibility index (Phi) is 28.8. The van der Waals surface area contributed by atoms with Gasteiger partial charge in [0.05, 0.1) is 30.4 Å². The molecule has 5 nitrogen and oxygen atoms in total. The van der Waals surface area contributed by atoms with Crippen molar-refractivity contribution in [2.24, 2.45) is 0 Å². The monoisotopic (exact) mass is 701 g/mol. The van der Waals surface area contributed by atoms with Crippen molar-refractivity contribution in [2.45, 2.75) is 183 Å². The van der Waals surface area contributed by atoms with E-state index in [2.05, 4.69) is 67.0 Å². The number of rotatable bonds is 28. The summed E-state index contributed by atoms with van der Waals surface area (Å²) in [6.07, 6.45) is 30.0. The van der Waals surface area contributed by atoms with Gasteiger partial charge in [-0.3, -0.25) is 0 Å². The zero-order valence-electron chi connectivity index (χ0n) is 31.0. The fourth-order valence-electron chi connectivity index (χ4n) is 5.21. The predicted molar refractivity (Wildman–Crippen MR) is 205 cm³/mol. The quantitative estimate of drug-likeness (QED) is 0.0352. The first-order valence-electron chi connectivity index (χ1n) is 18.2. The van der Waals surface area contributed by atoms with Crippen molar-refractivity contribution in [3.8, 4) is 0 Å². The van der Waals surface area contributed by atoms with E-state index in [1.807, 2.05) is 0 Å². The summed E-state index contributed by atoms with van der Waals surface area (Å²) < 4.78 is 39.5. The van der Waals surface area contributed by atoms with Crippen molar-refractivity contribution < 1.29 is 21.1 Å². The van der Waals surface area contributed by atoms with E-state index in [0.717, 1.165) is 0 Å². The molecule has 0 saturated carbocycles. The van der Waals surface area contributed by atoms with Crippen LogP contribution in [0.25, 0.3) is 0 Å². The zero-order valence-corrected chi connectivity index (χ0v) is 36.2. The molecular weight excluding hydrogens is 624 g/mol. The summed E-state index contributed by atoms with van der Waals surface area (Å²) in [6, 6.07) is 0. The van der Waals surface area contributed by atoms with Crippen LogP contribution in [0.4, 0.5) is 0 Å². The van der Waals surface area contributed by atoms with Gasteiger partial charge in [0.1, 0.15) is 5.91 Å². The minimum absolute atomic E-state index is 0.00733. The van der Waals surface area contributed by atoms with Crippen LogP contribution in [0.3, 0.4) is 0 Å². The Bertz CT molecular complexity index is 689. The molecule has 0 heterocycles. The minimum Gasteiger partial charge on any atom is -0.395 e. The summed E-state index contributed by atoms with van der Waals surface area (Å²) in [5.41, 5.74) is 0. The van der Waals surface area contributed by atoms with Gasteiger partial charge in [0.2, 0.25) is 9.76 Å². The lowest BCUT2D eigenvalue weighted by Crippen LogP contribution is -2.44. The molecule has 0 aromatic rings. The Labute approximate surface area is 276 Å². The van der Waals surface area contributed by atoms with E-state index in [9.17, 15) is 8.42 Å². The van der Waals surface area contributed by atoms with Gasteiger partial charge < -0.3 is 12.7 Å². The summed E-state index contributed by atoms with van der Waals surface area (Å²) in [5, 5.41) is 0. The molecule has 0 aliphatic rings. The summed E-state index contributed by atoms with van der Waals surface area (Å²) in [4.78, 5) is 0. The molecular formula is C33H78O5PSSi3+. The van der Waals surface area contributed by atoms with E-state index in [4.69, 9.17) is 12.7 Å². The smallest absolute Gasteiger partial charge is 0.257 e. The topological polar surface area (TPSA) is 61.8 Å². The average molecular weight is 702 g/mol. The van der Waals surface area contributed by atoms with Crippen molar-refractivity contribution in [2.75, 3.05) is 30.4 Å². The van der Waals surface area contributed by atoms with Crippen molar-refractivity contribution in [1.29, 1.82) is 0 Å². The highest BCUT2D eigenvalue weighted by Crippen LogP contribution is 2.61. The summed E-state index contributed by atoms with van der Waals surface area (Å²) in [7, 11) is -8.96. The highest BCUT2D eigenvalue weighted by atomic mass is 32.2. The average Bonchev–Trinajstić information content (AvgIpc) is 2.92. The fraction of sp³-hybridized carbons (Fsp3) is 1.00. The van der Waals surface area contributed by atoms with E-state index in [-0.39, 0.29) is 5.75 Å². The van der Waals surface area contributed by atoms with Crippen LogP contribution in [0.5, 0.6) is 0 Å². The molecule has 0 N–H and O–H groups in total. The van der Waals surface area contributed by atoms with Gasteiger partial charge in [-0.15, -0.1) is 0 Å². The first kappa shape index (κ1) is 46.0. The van der Waals surface area contributed by atoms with Crippen LogP contribution in [-0.2, 0) is 22.8 Å². The molecule has 0 aromatic carbocycles. The lowest BCUT2D eigenvalue weighted by molar-refractivity contribution is 0.0534. The normalized spacial score (nSPS) is 13.2. The second-order valence-corrected chi connectivity index (χ2v) is 31.5. The Balaban J connectivity index is 0. The number of unbranched alkanes of at least 4 members (excludes halogenated alkanes) is 12. The Hall–Kier alpha value is 0.911.